The molecule has 1 aromatic rings. The highest BCUT2D eigenvalue weighted by atomic mass is 32.2. The van der Waals surface area contributed by atoms with Crippen molar-refractivity contribution < 1.29 is 51.7 Å². The Bertz CT molecular complexity index is 2340. The van der Waals surface area contributed by atoms with Crippen molar-refractivity contribution in [2.45, 2.75) is 212 Å². The fourth-order valence-corrected chi connectivity index (χ4v) is 10.9. The lowest BCUT2D eigenvalue weighted by molar-refractivity contribution is -0.387. The highest BCUT2D eigenvalue weighted by molar-refractivity contribution is 7.89. The summed E-state index contributed by atoms with van der Waals surface area (Å²) in [6.45, 7) is 18.0. The molecule has 474 valence electrons. The number of carbonyl (C=O) groups excluding carboxylic acids is 8. The van der Waals surface area contributed by atoms with E-state index in [2.05, 4.69) is 37.2 Å². The van der Waals surface area contributed by atoms with Crippen LogP contribution in [0.25, 0.3) is 0 Å². The predicted molar refractivity (Wildman–Crippen MR) is 319 cm³/mol. The van der Waals surface area contributed by atoms with Crippen LogP contribution in [0.4, 0.5) is 5.69 Å². The van der Waals surface area contributed by atoms with Crippen molar-refractivity contribution in [1.29, 1.82) is 0 Å². The normalized spacial score (nSPS) is 14.7. The van der Waals surface area contributed by atoms with Crippen molar-refractivity contribution in [3.05, 3.63) is 34.4 Å². The first kappa shape index (κ1) is 75.1. The molecule has 83 heavy (non-hydrogen) atoms. The zero-order valence-corrected chi connectivity index (χ0v) is 51.7. The van der Waals surface area contributed by atoms with E-state index in [0.29, 0.717) is 51.5 Å². The van der Waals surface area contributed by atoms with Crippen LogP contribution in [0.1, 0.15) is 159 Å². The van der Waals surface area contributed by atoms with Gasteiger partial charge in [0.1, 0.15) is 42.3 Å². The van der Waals surface area contributed by atoms with Gasteiger partial charge in [-0.1, -0.05) is 81.4 Å². The summed E-state index contributed by atoms with van der Waals surface area (Å²) in [6, 6.07) is -4.45. The summed E-state index contributed by atoms with van der Waals surface area (Å²) in [6.07, 6.45) is 3.72. The second-order valence-corrected chi connectivity index (χ2v) is 25.6. The molecule has 0 aliphatic carbocycles. The van der Waals surface area contributed by atoms with Crippen molar-refractivity contribution in [3.8, 4) is 0 Å². The summed E-state index contributed by atoms with van der Waals surface area (Å²) in [4.78, 5) is 122. The largest absolute Gasteiger partial charge is 0.368 e. The van der Waals surface area contributed by atoms with Crippen LogP contribution >= 0.6 is 0 Å². The van der Waals surface area contributed by atoms with E-state index in [4.69, 9.17) is 28.7 Å². The average molecular weight is 1200 g/mol. The molecule has 0 aliphatic rings. The fraction of sp³-hybridized carbons (Fsp3) is 0.750. The molecule has 0 aliphatic heterocycles. The number of sulfonamides is 1. The number of rotatable bonds is 43. The standard InChI is InChI=1S/C56H102N14O12S/c1-34(2)27-39(60)32-69(83(81,82)48-23-12-11-22-47(48)70(79)80)33-49(71)62-40(19-13-16-24-57)51(73)66-46(31-38(9)10)56(78)68-44(29-36(5)6)54(76)64-41(20-14-17-25-58)52(74)63-42(21-15-18-26-59)53(75)67-45(30-37(7)8)55(77)65-43(50(61)72)28-35(3)4/h11-12,22-23,34-46H,13-21,24-33,57-60H2,1-10H3,(H2,61,72)(H,62,71)(H,63,74)(H,64,76)(H,65,77)(H,66,73)(H,67,75)(H,68,78)/t39-,40-,41-,42-,43-,44-,45-,46-/m0/s1. The molecule has 0 aromatic heterocycles. The molecular formula is C56H102N14O12S. The van der Waals surface area contributed by atoms with Gasteiger partial charge in [0.25, 0.3) is 5.69 Å². The molecular weight excluding hydrogens is 1090 g/mol. The van der Waals surface area contributed by atoms with E-state index in [1.807, 2.05) is 69.2 Å². The van der Waals surface area contributed by atoms with E-state index in [1.165, 1.54) is 12.1 Å². The monoisotopic (exact) mass is 1190 g/mol. The van der Waals surface area contributed by atoms with Gasteiger partial charge >= 0.3 is 0 Å². The maximum atomic E-state index is 14.4. The second-order valence-electron chi connectivity index (χ2n) is 23.7. The molecule has 0 bridgehead atoms. The maximum Gasteiger partial charge on any atom is 0.289 e. The lowest BCUT2D eigenvalue weighted by atomic mass is 9.98. The molecule has 0 heterocycles. The SMILES string of the molecule is CC(C)C[C@H](N)CN(CC(=O)N[C@@H](CCCCN)C(=O)N[C@@H](CC(C)C)C(=O)N[C@@H](CC(C)C)C(=O)N[C@@H](CCCCN)C(=O)N[C@@H](CCCCN)C(=O)N[C@@H](CC(C)C)C(=O)N[C@@H](CC(C)C)C(N)=O)S(=O)(=O)c1ccccc1[N+](=O)[O-]. The van der Waals surface area contributed by atoms with Crippen LogP contribution in [0, 0.1) is 39.7 Å². The first-order valence-electron chi connectivity index (χ1n) is 29.4. The number of nitrogens with two attached hydrogens (primary N) is 5. The van der Waals surface area contributed by atoms with E-state index in [9.17, 15) is 56.9 Å². The molecule has 8 amide bonds. The van der Waals surface area contributed by atoms with Crippen LogP contribution in [0.2, 0.25) is 0 Å². The number of unbranched alkanes of at least 4 members (excludes halogenated alkanes) is 3. The lowest BCUT2D eigenvalue weighted by Crippen LogP contribution is -2.60. The zero-order valence-electron chi connectivity index (χ0n) is 50.8. The minimum absolute atomic E-state index is 0.0137. The van der Waals surface area contributed by atoms with Crippen LogP contribution in [-0.4, -0.2) is 146 Å². The Morgan fingerprint density at radius 1 is 0.494 bits per heavy atom. The molecule has 26 nitrogen and oxygen atoms in total. The number of amides is 8. The quantitative estimate of drug-likeness (QED) is 0.0250. The van der Waals surface area contributed by atoms with Gasteiger partial charge in [0.2, 0.25) is 57.3 Å². The molecule has 0 unspecified atom stereocenters. The number of nitrogens with zero attached hydrogens (tertiary/aromatic N) is 2. The van der Waals surface area contributed by atoms with Gasteiger partial charge in [-0.3, -0.25) is 48.5 Å². The van der Waals surface area contributed by atoms with Gasteiger partial charge in [0.05, 0.1) is 11.5 Å². The van der Waals surface area contributed by atoms with Crippen molar-refractivity contribution in [2.75, 3.05) is 32.7 Å². The summed E-state index contributed by atoms with van der Waals surface area (Å²) in [5.41, 5.74) is 28.6. The van der Waals surface area contributed by atoms with Gasteiger partial charge in [-0.15, -0.1) is 0 Å². The van der Waals surface area contributed by atoms with Gasteiger partial charge in [-0.2, -0.15) is 4.31 Å². The van der Waals surface area contributed by atoms with Crippen molar-refractivity contribution in [3.63, 3.8) is 0 Å². The Morgan fingerprint density at radius 3 is 1.14 bits per heavy atom. The Balaban J connectivity index is 3.62. The first-order chi connectivity index (χ1) is 38.9. The van der Waals surface area contributed by atoms with E-state index >= 15 is 0 Å². The number of para-hydroxylation sites is 1. The molecule has 8 atom stereocenters. The average Bonchev–Trinajstić information content (AvgIpc) is 3.59. The van der Waals surface area contributed by atoms with E-state index < -0.39 is 128 Å². The van der Waals surface area contributed by atoms with Gasteiger partial charge in [-0.25, -0.2) is 8.42 Å². The number of benzene rings is 1. The lowest BCUT2D eigenvalue weighted by Gasteiger charge is -2.29. The molecule has 0 spiro atoms. The van der Waals surface area contributed by atoms with Crippen LogP contribution in [0.15, 0.2) is 29.2 Å². The highest BCUT2D eigenvalue weighted by Crippen LogP contribution is 2.27. The fourth-order valence-electron chi connectivity index (χ4n) is 9.30. The number of nitro groups is 1. The second kappa shape index (κ2) is 38.9. The number of nitrogens with one attached hydrogen (secondary N) is 7. The van der Waals surface area contributed by atoms with E-state index in [1.54, 1.807) is 0 Å². The third-order valence-electron chi connectivity index (χ3n) is 13.4. The molecule has 27 heteroatoms. The molecule has 0 saturated heterocycles. The van der Waals surface area contributed by atoms with Crippen molar-refractivity contribution in [1.82, 2.24) is 41.5 Å². The summed E-state index contributed by atoms with van der Waals surface area (Å²) in [7, 11) is -4.72. The zero-order chi connectivity index (χ0) is 63.1. The van der Waals surface area contributed by atoms with Crippen molar-refractivity contribution in [2.24, 2.45) is 58.3 Å². The topological polar surface area (TPSA) is 431 Å². The summed E-state index contributed by atoms with van der Waals surface area (Å²) >= 11 is 0. The molecule has 0 fully saturated rings. The number of hydrogen-bond acceptors (Lipinski definition) is 16. The number of hydrogen-bond donors (Lipinski definition) is 12. The number of nitro benzene ring substituents is 1. The Kier molecular flexibility index (Phi) is 35.2. The van der Waals surface area contributed by atoms with Crippen molar-refractivity contribution >= 4 is 63.0 Å². The predicted octanol–water partition coefficient (Wildman–Crippen LogP) is 1.41. The summed E-state index contributed by atoms with van der Waals surface area (Å²) in [5, 5.41) is 31.1. The third kappa shape index (κ3) is 29.0. The Hall–Kier alpha value is -5.87. The number of carbonyl (C=O) groups is 8. The van der Waals surface area contributed by atoms with E-state index in [-0.39, 0.29) is 94.2 Å². The smallest absolute Gasteiger partial charge is 0.289 e. The maximum absolute atomic E-state index is 14.4. The van der Waals surface area contributed by atoms with Crippen LogP contribution < -0.4 is 65.9 Å². The third-order valence-corrected chi connectivity index (χ3v) is 15.2. The Labute approximate surface area is 492 Å². The molecule has 1 aromatic carbocycles. The van der Waals surface area contributed by atoms with Gasteiger partial charge in [-0.05, 0) is 145 Å². The molecule has 1 rings (SSSR count). The number of primary amides is 1. The molecule has 0 radical (unpaired) electrons. The molecule has 17 N–H and O–H groups in total. The van der Waals surface area contributed by atoms with Gasteiger partial charge in [0, 0.05) is 18.7 Å². The van der Waals surface area contributed by atoms with E-state index in [0.717, 1.165) is 16.4 Å². The summed E-state index contributed by atoms with van der Waals surface area (Å²) in [5.74, 6) is -6.41. The van der Waals surface area contributed by atoms with Crippen LogP contribution in [0.3, 0.4) is 0 Å². The Morgan fingerprint density at radius 2 is 0.807 bits per heavy atom. The van der Waals surface area contributed by atoms with Crippen LogP contribution in [0.5, 0.6) is 0 Å². The highest BCUT2D eigenvalue weighted by Gasteiger charge is 2.37. The molecule has 0 saturated carbocycles. The minimum Gasteiger partial charge on any atom is -0.368 e. The van der Waals surface area contributed by atoms with Crippen LogP contribution in [-0.2, 0) is 48.4 Å². The van der Waals surface area contributed by atoms with Gasteiger partial charge in [0.15, 0.2) is 4.90 Å². The minimum atomic E-state index is -4.72. The summed E-state index contributed by atoms with van der Waals surface area (Å²) < 4.78 is 29.0. The first-order valence-corrected chi connectivity index (χ1v) is 30.8. The van der Waals surface area contributed by atoms with Gasteiger partial charge < -0.3 is 65.9 Å².